The molecule has 2 aliphatic rings. The van der Waals surface area contributed by atoms with Gasteiger partial charge >= 0.3 is 0 Å². The van der Waals surface area contributed by atoms with E-state index >= 15 is 0 Å². The summed E-state index contributed by atoms with van der Waals surface area (Å²) in [5, 5.41) is 0. The average Bonchev–Trinajstić information content (AvgIpc) is 2.95. The molecule has 5 heteroatoms. The van der Waals surface area contributed by atoms with Crippen molar-refractivity contribution in [2.75, 3.05) is 18.8 Å². The van der Waals surface area contributed by atoms with Gasteiger partial charge in [0.1, 0.15) is 0 Å². The zero-order chi connectivity index (χ0) is 10.2. The highest BCUT2D eigenvalue weighted by Gasteiger charge is 2.39. The number of sulfonamides is 1. The van der Waals surface area contributed by atoms with Gasteiger partial charge in [-0.1, -0.05) is 0 Å². The molecule has 0 saturated heterocycles. The average molecular weight is 218 g/mol. The fourth-order valence-electron chi connectivity index (χ4n) is 1.67. The van der Waals surface area contributed by atoms with Gasteiger partial charge in [0, 0.05) is 19.1 Å². The van der Waals surface area contributed by atoms with Gasteiger partial charge in [-0.25, -0.2) is 8.42 Å². The van der Waals surface area contributed by atoms with E-state index in [1.807, 2.05) is 0 Å². The molecule has 2 aliphatic carbocycles. The van der Waals surface area contributed by atoms with Gasteiger partial charge in [0.05, 0.1) is 5.75 Å². The summed E-state index contributed by atoms with van der Waals surface area (Å²) in [6.07, 6.45) is 4.47. The zero-order valence-corrected chi connectivity index (χ0v) is 9.17. The summed E-state index contributed by atoms with van der Waals surface area (Å²) in [5.74, 6) is 0.735. The maximum absolute atomic E-state index is 11.8. The Morgan fingerprint density at radius 1 is 1.21 bits per heavy atom. The highest BCUT2D eigenvalue weighted by Crippen LogP contribution is 2.36. The third kappa shape index (κ3) is 2.46. The third-order valence-electron chi connectivity index (χ3n) is 2.82. The lowest BCUT2D eigenvalue weighted by Gasteiger charge is -2.21. The zero-order valence-electron chi connectivity index (χ0n) is 8.35. The Hall–Kier alpha value is -0.130. The Labute approximate surface area is 85.5 Å². The van der Waals surface area contributed by atoms with E-state index in [4.69, 9.17) is 5.73 Å². The number of nitrogens with two attached hydrogens (primary N) is 1. The molecule has 2 fully saturated rings. The van der Waals surface area contributed by atoms with Crippen LogP contribution >= 0.6 is 0 Å². The maximum atomic E-state index is 11.8. The van der Waals surface area contributed by atoms with Crippen LogP contribution in [0.3, 0.4) is 0 Å². The highest BCUT2D eigenvalue weighted by atomic mass is 32.2. The van der Waals surface area contributed by atoms with Crippen LogP contribution in [0.5, 0.6) is 0 Å². The SMILES string of the molecule is NCCS(=O)(=O)N(CC1CC1)C1CC1. The summed E-state index contributed by atoms with van der Waals surface area (Å²) in [6, 6.07) is 0.298. The molecule has 2 rings (SSSR count). The van der Waals surface area contributed by atoms with Crippen molar-refractivity contribution in [1.29, 1.82) is 0 Å². The number of hydrogen-bond donors (Lipinski definition) is 1. The maximum Gasteiger partial charge on any atom is 0.215 e. The van der Waals surface area contributed by atoms with Crippen molar-refractivity contribution >= 4 is 10.0 Å². The van der Waals surface area contributed by atoms with Crippen LogP contribution in [0.25, 0.3) is 0 Å². The van der Waals surface area contributed by atoms with Gasteiger partial charge in [-0.05, 0) is 31.6 Å². The molecule has 0 heterocycles. The number of rotatable bonds is 6. The second-order valence-corrected chi connectivity index (χ2v) is 6.39. The van der Waals surface area contributed by atoms with Crippen molar-refractivity contribution in [1.82, 2.24) is 4.31 Å². The molecule has 2 N–H and O–H groups in total. The first-order valence-corrected chi connectivity index (χ1v) is 6.94. The molecular formula is C9H18N2O2S. The van der Waals surface area contributed by atoms with E-state index in [-0.39, 0.29) is 12.3 Å². The molecule has 0 radical (unpaired) electrons. The molecular weight excluding hydrogens is 200 g/mol. The Bertz CT molecular complexity index is 294. The summed E-state index contributed by atoms with van der Waals surface area (Å²) >= 11 is 0. The van der Waals surface area contributed by atoms with Gasteiger partial charge in [-0.3, -0.25) is 0 Å². The lowest BCUT2D eigenvalue weighted by molar-refractivity contribution is 0.389. The van der Waals surface area contributed by atoms with Crippen LogP contribution in [-0.2, 0) is 10.0 Å². The predicted molar refractivity (Wildman–Crippen MR) is 55.3 cm³/mol. The molecule has 82 valence electrons. The Morgan fingerprint density at radius 3 is 2.29 bits per heavy atom. The smallest absolute Gasteiger partial charge is 0.215 e. The molecule has 0 unspecified atom stereocenters. The van der Waals surface area contributed by atoms with E-state index in [1.165, 1.54) is 12.8 Å². The van der Waals surface area contributed by atoms with Crippen molar-refractivity contribution in [3.8, 4) is 0 Å². The van der Waals surface area contributed by atoms with Crippen LogP contribution in [0, 0.1) is 5.92 Å². The van der Waals surface area contributed by atoms with Gasteiger partial charge in [0.25, 0.3) is 0 Å². The fourth-order valence-corrected chi connectivity index (χ4v) is 3.31. The second-order valence-electron chi connectivity index (χ2n) is 4.35. The van der Waals surface area contributed by atoms with Crippen LogP contribution in [0.1, 0.15) is 25.7 Å². The molecule has 0 aromatic carbocycles. The summed E-state index contributed by atoms with van der Waals surface area (Å²) in [4.78, 5) is 0. The summed E-state index contributed by atoms with van der Waals surface area (Å²) in [7, 11) is -3.06. The van der Waals surface area contributed by atoms with Crippen LogP contribution in [0.2, 0.25) is 0 Å². The molecule has 0 spiro atoms. The Kier molecular flexibility index (Phi) is 2.81. The van der Waals surface area contributed by atoms with Gasteiger partial charge in [0.15, 0.2) is 0 Å². The summed E-state index contributed by atoms with van der Waals surface area (Å²) in [5.41, 5.74) is 5.31. The Morgan fingerprint density at radius 2 is 1.86 bits per heavy atom. The molecule has 0 bridgehead atoms. The lowest BCUT2D eigenvalue weighted by atomic mass is 10.4. The van der Waals surface area contributed by atoms with E-state index < -0.39 is 10.0 Å². The van der Waals surface area contributed by atoms with Crippen molar-refractivity contribution in [3.63, 3.8) is 0 Å². The minimum Gasteiger partial charge on any atom is -0.329 e. The molecule has 2 saturated carbocycles. The summed E-state index contributed by atoms with van der Waals surface area (Å²) in [6.45, 7) is 0.975. The van der Waals surface area contributed by atoms with E-state index in [9.17, 15) is 8.42 Å². The fraction of sp³-hybridized carbons (Fsp3) is 1.00. The predicted octanol–water partition coefficient (Wildman–Crippen LogP) is 0.149. The number of nitrogens with zero attached hydrogens (tertiary/aromatic N) is 1. The van der Waals surface area contributed by atoms with Crippen LogP contribution < -0.4 is 5.73 Å². The van der Waals surface area contributed by atoms with Crippen molar-refractivity contribution in [3.05, 3.63) is 0 Å². The largest absolute Gasteiger partial charge is 0.329 e. The number of hydrogen-bond acceptors (Lipinski definition) is 3. The normalized spacial score (nSPS) is 23.0. The molecule has 0 aromatic heterocycles. The second kappa shape index (κ2) is 3.79. The first-order chi connectivity index (χ1) is 6.63. The Balaban J connectivity index is 2.00. The van der Waals surface area contributed by atoms with E-state index in [0.717, 1.165) is 19.4 Å². The minimum absolute atomic E-state index is 0.107. The van der Waals surface area contributed by atoms with Gasteiger partial charge in [-0.15, -0.1) is 0 Å². The van der Waals surface area contributed by atoms with Crippen molar-refractivity contribution in [2.45, 2.75) is 31.7 Å². The van der Waals surface area contributed by atoms with Crippen molar-refractivity contribution < 1.29 is 8.42 Å². The highest BCUT2D eigenvalue weighted by molar-refractivity contribution is 7.89. The minimum atomic E-state index is -3.06. The van der Waals surface area contributed by atoms with Gasteiger partial charge in [-0.2, -0.15) is 4.31 Å². The van der Waals surface area contributed by atoms with Gasteiger partial charge < -0.3 is 5.73 Å². The monoisotopic (exact) mass is 218 g/mol. The molecule has 0 atom stereocenters. The topological polar surface area (TPSA) is 63.4 Å². The molecule has 0 aromatic rings. The van der Waals surface area contributed by atoms with E-state index in [2.05, 4.69) is 0 Å². The standard InChI is InChI=1S/C9H18N2O2S/c10-5-6-14(12,13)11(9-3-4-9)7-8-1-2-8/h8-9H,1-7,10H2. The first kappa shape index (κ1) is 10.4. The quantitative estimate of drug-likeness (QED) is 0.690. The van der Waals surface area contributed by atoms with E-state index in [0.29, 0.717) is 12.0 Å². The molecule has 0 amide bonds. The summed E-state index contributed by atoms with van der Waals surface area (Å²) < 4.78 is 25.3. The van der Waals surface area contributed by atoms with Crippen LogP contribution in [0.4, 0.5) is 0 Å². The van der Waals surface area contributed by atoms with Crippen LogP contribution in [-0.4, -0.2) is 37.6 Å². The lowest BCUT2D eigenvalue weighted by Crippen LogP contribution is -2.38. The van der Waals surface area contributed by atoms with Crippen LogP contribution in [0.15, 0.2) is 0 Å². The van der Waals surface area contributed by atoms with E-state index in [1.54, 1.807) is 4.31 Å². The first-order valence-electron chi connectivity index (χ1n) is 5.33. The van der Waals surface area contributed by atoms with Crippen molar-refractivity contribution in [2.24, 2.45) is 11.7 Å². The molecule has 14 heavy (non-hydrogen) atoms. The third-order valence-corrected chi connectivity index (χ3v) is 4.74. The molecule has 4 nitrogen and oxygen atoms in total. The van der Waals surface area contributed by atoms with Gasteiger partial charge in [0.2, 0.25) is 10.0 Å². The molecule has 0 aliphatic heterocycles.